The minimum absolute atomic E-state index is 0.259. The van der Waals surface area contributed by atoms with E-state index in [1.54, 1.807) is 0 Å². The molecule has 3 aliphatic heterocycles. The Hall–Kier alpha value is -3.41. The third-order valence-electron chi connectivity index (χ3n) is 10.9. The zero-order chi connectivity index (χ0) is 34.3. The lowest BCUT2D eigenvalue weighted by molar-refractivity contribution is 0.128. The number of halogens is 1. The van der Waals surface area contributed by atoms with Gasteiger partial charge in [-0.05, 0) is 101 Å². The molecule has 10 heteroatoms. The zero-order valence-corrected chi connectivity index (χ0v) is 29.8. The molecule has 7 rings (SSSR count). The summed E-state index contributed by atoms with van der Waals surface area (Å²) in [4.78, 5) is 19.5. The first kappa shape index (κ1) is 35.0. The average molecular weight is 683 g/mol. The van der Waals surface area contributed by atoms with Gasteiger partial charge in [-0.25, -0.2) is 4.39 Å². The first-order chi connectivity index (χ1) is 24.6. The molecule has 3 N–H and O–H groups in total. The van der Waals surface area contributed by atoms with Crippen LogP contribution in [0.3, 0.4) is 0 Å². The third-order valence-corrected chi connectivity index (χ3v) is 10.9. The van der Waals surface area contributed by atoms with Gasteiger partial charge in [-0.1, -0.05) is 48.5 Å². The normalized spacial score (nSPS) is 20.0. The van der Waals surface area contributed by atoms with E-state index in [9.17, 15) is 0 Å². The highest BCUT2D eigenvalue weighted by atomic mass is 19.1. The summed E-state index contributed by atoms with van der Waals surface area (Å²) in [5, 5.41) is 6.55. The first-order valence-corrected chi connectivity index (χ1v) is 19.0. The van der Waals surface area contributed by atoms with Crippen LogP contribution in [0.1, 0.15) is 44.9 Å². The standard InChI is InChI=1S/C40H55FN8O/c1-46(19-6-7-22-48-25-23-47(24-26-48)21-5-4-18-42)20-9-27-50-40-44-38-36(39(45-40)49-28-31-14-15-32(29-49)43-31)17-16-35(37(38)41)34-13-8-11-30-10-2-3-12-33(30)34/h2-3,8,10-13,16-17,31-32,43H,4-7,9,14-15,18-29,42H2,1H3. The third kappa shape index (κ3) is 8.37. The highest BCUT2D eigenvalue weighted by Crippen LogP contribution is 2.37. The predicted molar refractivity (Wildman–Crippen MR) is 203 cm³/mol. The Morgan fingerprint density at radius 1 is 0.800 bits per heavy atom. The number of rotatable bonds is 16. The molecule has 0 radical (unpaired) electrons. The van der Waals surface area contributed by atoms with Crippen LogP contribution in [-0.2, 0) is 0 Å². The van der Waals surface area contributed by atoms with Crippen LogP contribution in [0.5, 0.6) is 6.01 Å². The molecule has 0 saturated carbocycles. The van der Waals surface area contributed by atoms with Gasteiger partial charge in [0.05, 0.1) is 6.61 Å². The number of anilines is 1. The van der Waals surface area contributed by atoms with Crippen molar-refractivity contribution in [3.8, 4) is 17.1 Å². The van der Waals surface area contributed by atoms with E-state index in [1.807, 2.05) is 36.4 Å². The number of hydrogen-bond donors (Lipinski definition) is 2. The number of benzene rings is 3. The molecule has 0 aliphatic carbocycles. The van der Waals surface area contributed by atoms with Gasteiger partial charge in [0.1, 0.15) is 11.3 Å². The van der Waals surface area contributed by atoms with E-state index in [0.29, 0.717) is 29.8 Å². The summed E-state index contributed by atoms with van der Waals surface area (Å²) in [5.41, 5.74) is 7.39. The zero-order valence-electron chi connectivity index (χ0n) is 29.8. The summed E-state index contributed by atoms with van der Waals surface area (Å²) < 4.78 is 22.8. The molecule has 50 heavy (non-hydrogen) atoms. The van der Waals surface area contributed by atoms with Gasteiger partial charge in [-0.2, -0.15) is 9.97 Å². The van der Waals surface area contributed by atoms with Crippen molar-refractivity contribution in [2.24, 2.45) is 5.73 Å². The molecule has 2 atom stereocenters. The second-order valence-electron chi connectivity index (χ2n) is 14.6. The topological polar surface area (TPSA) is 86.0 Å². The van der Waals surface area contributed by atoms with Crippen LogP contribution in [0.15, 0.2) is 54.6 Å². The largest absolute Gasteiger partial charge is 0.463 e. The SMILES string of the molecule is CN(CCCCN1CCN(CCCCN)CC1)CCCOc1nc(N2CC3CCC(C2)N3)c2ccc(-c3cccc4ccccc34)c(F)c2n1. The van der Waals surface area contributed by atoms with E-state index in [2.05, 4.69) is 50.2 Å². The number of ether oxygens (including phenoxy) is 1. The van der Waals surface area contributed by atoms with Crippen molar-refractivity contribution < 1.29 is 9.13 Å². The highest BCUT2D eigenvalue weighted by molar-refractivity contribution is 6.00. The van der Waals surface area contributed by atoms with E-state index in [-0.39, 0.29) is 11.8 Å². The first-order valence-electron chi connectivity index (χ1n) is 19.0. The number of piperazine rings is 2. The van der Waals surface area contributed by atoms with E-state index in [4.69, 9.17) is 20.4 Å². The lowest BCUT2D eigenvalue weighted by Crippen LogP contribution is -2.51. The molecule has 3 aromatic carbocycles. The Bertz CT molecular complexity index is 1690. The molecule has 0 amide bonds. The Morgan fingerprint density at radius 3 is 2.26 bits per heavy atom. The second kappa shape index (κ2) is 16.7. The Kier molecular flexibility index (Phi) is 11.7. The summed E-state index contributed by atoms with van der Waals surface area (Å²) >= 11 is 0. The predicted octanol–water partition coefficient (Wildman–Crippen LogP) is 5.37. The van der Waals surface area contributed by atoms with Gasteiger partial charge < -0.3 is 35.4 Å². The van der Waals surface area contributed by atoms with E-state index in [0.717, 1.165) is 85.9 Å². The molecule has 4 aromatic rings. The number of aromatic nitrogens is 2. The van der Waals surface area contributed by atoms with E-state index < -0.39 is 0 Å². The molecule has 0 spiro atoms. The van der Waals surface area contributed by atoms with Crippen LogP contribution < -0.4 is 20.7 Å². The maximum Gasteiger partial charge on any atom is 0.319 e. The van der Waals surface area contributed by atoms with Crippen molar-refractivity contribution in [1.82, 2.24) is 30.0 Å². The molecular weight excluding hydrogens is 627 g/mol. The number of fused-ring (bicyclic) bond motifs is 4. The summed E-state index contributed by atoms with van der Waals surface area (Å²) in [7, 11) is 2.19. The van der Waals surface area contributed by atoms with E-state index in [1.165, 1.54) is 58.5 Å². The highest BCUT2D eigenvalue weighted by Gasteiger charge is 2.34. The number of nitrogens with one attached hydrogen (secondary N) is 1. The molecule has 9 nitrogen and oxygen atoms in total. The van der Waals surface area contributed by atoms with Crippen molar-refractivity contribution in [3.05, 3.63) is 60.4 Å². The smallest absolute Gasteiger partial charge is 0.319 e. The van der Waals surface area contributed by atoms with Gasteiger partial charge in [0.25, 0.3) is 0 Å². The van der Waals surface area contributed by atoms with Crippen LogP contribution in [0.2, 0.25) is 0 Å². The second-order valence-corrected chi connectivity index (χ2v) is 14.6. The number of nitrogens with two attached hydrogens (primary N) is 1. The number of nitrogens with zero attached hydrogens (tertiary/aromatic N) is 6. The maximum absolute atomic E-state index is 16.6. The Labute approximate surface area is 297 Å². The summed E-state index contributed by atoms with van der Waals surface area (Å²) in [6.45, 7) is 12.1. The van der Waals surface area contributed by atoms with Gasteiger partial charge in [0, 0.05) is 68.8 Å². The Morgan fingerprint density at radius 2 is 1.50 bits per heavy atom. The van der Waals surface area contributed by atoms with Gasteiger partial charge in [0.15, 0.2) is 5.82 Å². The van der Waals surface area contributed by atoms with Gasteiger partial charge >= 0.3 is 6.01 Å². The maximum atomic E-state index is 16.6. The van der Waals surface area contributed by atoms with Crippen molar-refractivity contribution in [2.75, 3.05) is 90.5 Å². The molecule has 3 saturated heterocycles. The van der Waals surface area contributed by atoms with Gasteiger partial charge in [-0.15, -0.1) is 0 Å². The fourth-order valence-electron chi connectivity index (χ4n) is 8.11. The number of unbranched alkanes of at least 4 members (excludes halogenated alkanes) is 2. The molecular formula is C40H55FN8O. The minimum Gasteiger partial charge on any atom is -0.463 e. The van der Waals surface area contributed by atoms with Gasteiger partial charge in [0.2, 0.25) is 0 Å². The molecule has 3 fully saturated rings. The Balaban J connectivity index is 0.964. The summed E-state index contributed by atoms with van der Waals surface area (Å²) in [5.74, 6) is 0.450. The van der Waals surface area contributed by atoms with Crippen LogP contribution in [0, 0.1) is 5.82 Å². The van der Waals surface area contributed by atoms with Crippen molar-refractivity contribution in [2.45, 2.75) is 57.0 Å². The molecule has 2 unspecified atom stereocenters. The minimum atomic E-state index is -0.324. The fraction of sp³-hybridized carbons (Fsp3) is 0.550. The average Bonchev–Trinajstić information content (AvgIpc) is 3.49. The van der Waals surface area contributed by atoms with Crippen LogP contribution >= 0.6 is 0 Å². The van der Waals surface area contributed by atoms with Crippen LogP contribution in [-0.4, -0.2) is 122 Å². The molecule has 2 bridgehead atoms. The quantitative estimate of drug-likeness (QED) is 0.152. The summed E-state index contributed by atoms with van der Waals surface area (Å²) in [6.07, 6.45) is 7.94. The van der Waals surface area contributed by atoms with Crippen molar-refractivity contribution >= 4 is 27.5 Å². The lowest BCUT2D eigenvalue weighted by Gasteiger charge is -2.34. The van der Waals surface area contributed by atoms with Gasteiger partial charge in [-0.3, -0.25) is 0 Å². The monoisotopic (exact) mass is 682 g/mol. The van der Waals surface area contributed by atoms with Crippen LogP contribution in [0.4, 0.5) is 10.2 Å². The molecule has 4 heterocycles. The van der Waals surface area contributed by atoms with Crippen molar-refractivity contribution in [1.29, 1.82) is 0 Å². The molecule has 3 aliphatic rings. The lowest BCUT2D eigenvalue weighted by atomic mass is 9.97. The van der Waals surface area contributed by atoms with E-state index >= 15 is 4.39 Å². The van der Waals surface area contributed by atoms with Crippen molar-refractivity contribution in [3.63, 3.8) is 0 Å². The number of hydrogen-bond acceptors (Lipinski definition) is 9. The van der Waals surface area contributed by atoms with Crippen LogP contribution in [0.25, 0.3) is 32.8 Å². The molecule has 268 valence electrons. The summed E-state index contributed by atoms with van der Waals surface area (Å²) in [6, 6.07) is 19.2. The fourth-order valence-corrected chi connectivity index (χ4v) is 8.11. The molecule has 1 aromatic heterocycles.